The van der Waals surface area contributed by atoms with Crippen LogP contribution < -0.4 is 11.1 Å². The van der Waals surface area contributed by atoms with E-state index in [0.29, 0.717) is 16.8 Å². The Labute approximate surface area is 117 Å². The van der Waals surface area contributed by atoms with Gasteiger partial charge in [0.25, 0.3) is 0 Å². The number of anilines is 1. The second-order valence-electron chi connectivity index (χ2n) is 4.80. The van der Waals surface area contributed by atoms with Crippen molar-refractivity contribution in [1.29, 1.82) is 0 Å². The number of carboxylic acids is 1. The number of amides is 2. The van der Waals surface area contributed by atoms with Gasteiger partial charge in [-0.3, -0.25) is 14.4 Å². The average Bonchev–Trinajstić information content (AvgIpc) is 2.38. The minimum Gasteiger partial charge on any atom is -0.481 e. The quantitative estimate of drug-likeness (QED) is 0.756. The molecular weight excluding hydrogens is 260 g/mol. The fourth-order valence-corrected chi connectivity index (χ4v) is 1.64. The Kier molecular flexibility index (Phi) is 4.85. The van der Waals surface area contributed by atoms with E-state index in [1.807, 2.05) is 0 Å². The van der Waals surface area contributed by atoms with E-state index < -0.39 is 23.7 Å². The Bertz CT molecular complexity index is 554. The average molecular weight is 278 g/mol. The van der Waals surface area contributed by atoms with Gasteiger partial charge in [-0.05, 0) is 30.7 Å². The number of hydrogen-bond donors (Lipinski definition) is 3. The van der Waals surface area contributed by atoms with Gasteiger partial charge in [-0.1, -0.05) is 13.8 Å². The predicted molar refractivity (Wildman–Crippen MR) is 74.3 cm³/mol. The van der Waals surface area contributed by atoms with Gasteiger partial charge in [0.15, 0.2) is 0 Å². The molecule has 0 aliphatic carbocycles. The third-order valence-corrected chi connectivity index (χ3v) is 3.32. The van der Waals surface area contributed by atoms with Crippen molar-refractivity contribution in [3.8, 4) is 0 Å². The number of aliphatic carboxylic acids is 1. The molecule has 2 amide bonds. The van der Waals surface area contributed by atoms with Crippen molar-refractivity contribution in [2.24, 2.45) is 17.6 Å². The number of benzene rings is 1. The van der Waals surface area contributed by atoms with Gasteiger partial charge in [0.05, 0.1) is 5.92 Å². The van der Waals surface area contributed by atoms with E-state index in [4.69, 9.17) is 10.8 Å². The maximum Gasteiger partial charge on any atom is 0.307 e. The molecule has 0 fully saturated rings. The van der Waals surface area contributed by atoms with E-state index in [0.717, 1.165) is 0 Å². The molecule has 20 heavy (non-hydrogen) atoms. The van der Waals surface area contributed by atoms with Crippen molar-refractivity contribution in [3.63, 3.8) is 0 Å². The number of rotatable bonds is 5. The molecule has 6 nitrogen and oxygen atoms in total. The number of aryl methyl sites for hydroxylation is 1. The molecular formula is C14H18N2O4. The zero-order valence-electron chi connectivity index (χ0n) is 11.6. The van der Waals surface area contributed by atoms with Crippen LogP contribution in [0.4, 0.5) is 5.69 Å². The number of carbonyl (C=O) groups is 3. The second kappa shape index (κ2) is 6.18. The number of carbonyl (C=O) groups excluding carboxylic acids is 2. The fourth-order valence-electron chi connectivity index (χ4n) is 1.64. The highest BCUT2D eigenvalue weighted by atomic mass is 16.4. The van der Waals surface area contributed by atoms with Crippen molar-refractivity contribution in [2.75, 3.05) is 5.32 Å². The summed E-state index contributed by atoms with van der Waals surface area (Å²) in [6.45, 7) is 4.77. The summed E-state index contributed by atoms with van der Waals surface area (Å²) in [6.07, 6.45) is 0. The second-order valence-corrected chi connectivity index (χ2v) is 4.80. The van der Waals surface area contributed by atoms with Gasteiger partial charge in [-0.2, -0.15) is 0 Å². The number of hydrogen-bond acceptors (Lipinski definition) is 3. The summed E-state index contributed by atoms with van der Waals surface area (Å²) in [7, 11) is 0. The smallest absolute Gasteiger partial charge is 0.307 e. The van der Waals surface area contributed by atoms with Crippen LogP contribution in [0.15, 0.2) is 18.2 Å². The minimum atomic E-state index is -1.02. The van der Waals surface area contributed by atoms with Crippen LogP contribution in [0.25, 0.3) is 0 Å². The van der Waals surface area contributed by atoms with Gasteiger partial charge < -0.3 is 16.2 Å². The molecule has 0 aromatic heterocycles. The molecule has 1 rings (SSSR count). The van der Waals surface area contributed by atoms with Gasteiger partial charge in [0.1, 0.15) is 0 Å². The van der Waals surface area contributed by atoms with Gasteiger partial charge in [0.2, 0.25) is 11.8 Å². The summed E-state index contributed by atoms with van der Waals surface area (Å²) in [5.74, 6) is -3.38. The molecule has 4 N–H and O–H groups in total. The molecule has 2 unspecified atom stereocenters. The van der Waals surface area contributed by atoms with Crippen LogP contribution in [-0.2, 0) is 9.59 Å². The summed E-state index contributed by atoms with van der Waals surface area (Å²) < 4.78 is 0. The first-order valence-corrected chi connectivity index (χ1v) is 6.18. The number of nitrogens with two attached hydrogens (primary N) is 1. The SMILES string of the molecule is Cc1cc(C(N)=O)ccc1NC(=O)C(C)C(C)C(=O)O. The normalized spacial score (nSPS) is 13.3. The Morgan fingerprint density at radius 1 is 1.20 bits per heavy atom. The number of primary amides is 1. The molecule has 1 aromatic rings. The monoisotopic (exact) mass is 278 g/mol. The van der Waals surface area contributed by atoms with Gasteiger partial charge in [-0.25, -0.2) is 0 Å². The molecule has 6 heteroatoms. The molecule has 2 atom stereocenters. The zero-order chi connectivity index (χ0) is 15.4. The van der Waals surface area contributed by atoms with Crippen molar-refractivity contribution in [2.45, 2.75) is 20.8 Å². The highest BCUT2D eigenvalue weighted by Crippen LogP contribution is 2.19. The van der Waals surface area contributed by atoms with Crippen molar-refractivity contribution < 1.29 is 19.5 Å². The lowest BCUT2D eigenvalue weighted by Gasteiger charge is -2.17. The first-order chi connectivity index (χ1) is 9.23. The summed E-state index contributed by atoms with van der Waals surface area (Å²) in [5, 5.41) is 11.5. The standard InChI is InChI=1S/C14H18N2O4/c1-7-6-10(12(15)17)4-5-11(7)16-13(18)8(2)9(3)14(19)20/h4-6,8-9H,1-3H3,(H2,15,17)(H,16,18)(H,19,20). The molecule has 0 heterocycles. The van der Waals surface area contributed by atoms with Gasteiger partial charge in [0, 0.05) is 17.2 Å². The third kappa shape index (κ3) is 3.57. The predicted octanol–water partition coefficient (Wildman–Crippen LogP) is 1.39. The highest BCUT2D eigenvalue weighted by molar-refractivity contribution is 5.97. The zero-order valence-corrected chi connectivity index (χ0v) is 11.6. The Balaban J connectivity index is 2.86. The summed E-state index contributed by atoms with van der Waals surface area (Å²) in [5.41, 5.74) is 6.73. The van der Waals surface area contributed by atoms with Crippen molar-refractivity contribution in [1.82, 2.24) is 0 Å². The topological polar surface area (TPSA) is 109 Å². The van der Waals surface area contributed by atoms with E-state index in [-0.39, 0.29) is 5.91 Å². The van der Waals surface area contributed by atoms with Crippen molar-refractivity contribution >= 4 is 23.5 Å². The molecule has 0 aliphatic rings. The van der Waals surface area contributed by atoms with E-state index >= 15 is 0 Å². The molecule has 0 aliphatic heterocycles. The summed E-state index contributed by atoms with van der Waals surface area (Å²) in [4.78, 5) is 33.8. The fraction of sp³-hybridized carbons (Fsp3) is 0.357. The van der Waals surface area contributed by atoms with Crippen LogP contribution in [-0.4, -0.2) is 22.9 Å². The minimum absolute atomic E-state index is 0.354. The lowest BCUT2D eigenvalue weighted by atomic mass is 9.95. The molecule has 0 spiro atoms. The number of nitrogens with one attached hydrogen (secondary N) is 1. The van der Waals surface area contributed by atoms with Crippen LogP contribution in [0.1, 0.15) is 29.8 Å². The van der Waals surface area contributed by atoms with Crippen molar-refractivity contribution in [3.05, 3.63) is 29.3 Å². The largest absolute Gasteiger partial charge is 0.481 e. The summed E-state index contributed by atoms with van der Waals surface area (Å²) in [6, 6.07) is 4.66. The Morgan fingerprint density at radius 3 is 2.25 bits per heavy atom. The van der Waals surface area contributed by atoms with E-state index in [1.165, 1.54) is 13.0 Å². The van der Waals surface area contributed by atoms with Crippen LogP contribution in [0.3, 0.4) is 0 Å². The maximum absolute atomic E-state index is 12.0. The summed E-state index contributed by atoms with van der Waals surface area (Å²) >= 11 is 0. The van der Waals surface area contributed by atoms with Gasteiger partial charge >= 0.3 is 5.97 Å². The molecule has 0 radical (unpaired) electrons. The highest BCUT2D eigenvalue weighted by Gasteiger charge is 2.26. The Hall–Kier alpha value is -2.37. The van der Waals surface area contributed by atoms with E-state index in [9.17, 15) is 14.4 Å². The molecule has 0 saturated heterocycles. The van der Waals surface area contributed by atoms with Gasteiger partial charge in [-0.15, -0.1) is 0 Å². The third-order valence-electron chi connectivity index (χ3n) is 3.32. The number of carboxylic acid groups (broad SMARTS) is 1. The Morgan fingerprint density at radius 2 is 1.80 bits per heavy atom. The first kappa shape index (κ1) is 15.7. The molecule has 0 saturated carbocycles. The van der Waals surface area contributed by atoms with Crippen LogP contribution >= 0.6 is 0 Å². The lowest BCUT2D eigenvalue weighted by Crippen LogP contribution is -2.30. The molecule has 1 aromatic carbocycles. The van der Waals surface area contributed by atoms with Crippen LogP contribution in [0.5, 0.6) is 0 Å². The molecule has 108 valence electrons. The molecule has 0 bridgehead atoms. The lowest BCUT2D eigenvalue weighted by molar-refractivity contribution is -0.145. The van der Waals surface area contributed by atoms with Crippen LogP contribution in [0.2, 0.25) is 0 Å². The maximum atomic E-state index is 12.0. The van der Waals surface area contributed by atoms with E-state index in [2.05, 4.69) is 5.32 Å². The van der Waals surface area contributed by atoms with E-state index in [1.54, 1.807) is 26.0 Å². The van der Waals surface area contributed by atoms with Crippen LogP contribution in [0, 0.1) is 18.8 Å². The first-order valence-electron chi connectivity index (χ1n) is 6.18.